The second kappa shape index (κ2) is 9.40. The lowest BCUT2D eigenvalue weighted by molar-refractivity contribution is 0.122. The zero-order valence-electron chi connectivity index (χ0n) is 17.4. The Kier molecular flexibility index (Phi) is 6.43. The van der Waals surface area contributed by atoms with E-state index in [9.17, 15) is 4.79 Å². The molecule has 2 heterocycles. The van der Waals surface area contributed by atoms with Gasteiger partial charge in [-0.25, -0.2) is 4.79 Å². The fourth-order valence-electron chi connectivity index (χ4n) is 3.53. The molecule has 4 rings (SSSR count). The van der Waals surface area contributed by atoms with Crippen molar-refractivity contribution < 1.29 is 14.3 Å². The van der Waals surface area contributed by atoms with Crippen LogP contribution in [0.15, 0.2) is 53.1 Å². The summed E-state index contributed by atoms with van der Waals surface area (Å²) in [6, 6.07) is 12.9. The zero-order valence-corrected chi connectivity index (χ0v) is 19.0. The van der Waals surface area contributed by atoms with Gasteiger partial charge in [-0.05, 0) is 58.4 Å². The highest BCUT2D eigenvalue weighted by atomic mass is 79.9. The maximum atomic E-state index is 12.6. The number of nitrogens with one attached hydrogen (secondary N) is 2. The SMILES string of the molecule is COc1ccc(NC(=O)Nc2cc(-c3c(Br)cnn3C)cc(N3CCOCC3)c2)cc1. The molecule has 8 nitrogen and oxygen atoms in total. The standard InChI is InChI=1S/C22H24BrN5O3/c1-27-21(20(23)14-24-27)15-11-17(13-18(12-15)28-7-9-31-10-8-28)26-22(29)25-16-3-5-19(30-2)6-4-16/h3-6,11-14H,7-10H2,1-2H3,(H2,25,26,29). The van der Waals surface area contributed by atoms with Gasteiger partial charge in [0.15, 0.2) is 0 Å². The lowest BCUT2D eigenvalue weighted by Gasteiger charge is -2.29. The van der Waals surface area contributed by atoms with Crippen LogP contribution in [0.1, 0.15) is 0 Å². The van der Waals surface area contributed by atoms with Gasteiger partial charge >= 0.3 is 6.03 Å². The van der Waals surface area contributed by atoms with Crippen LogP contribution in [-0.2, 0) is 11.8 Å². The number of anilines is 3. The summed E-state index contributed by atoms with van der Waals surface area (Å²) in [5, 5.41) is 10.1. The summed E-state index contributed by atoms with van der Waals surface area (Å²) in [5.74, 6) is 0.732. The number of hydrogen-bond donors (Lipinski definition) is 2. The van der Waals surface area contributed by atoms with Gasteiger partial charge < -0.3 is 25.0 Å². The number of ether oxygens (including phenoxy) is 2. The van der Waals surface area contributed by atoms with Gasteiger partial charge in [-0.2, -0.15) is 5.10 Å². The number of aryl methyl sites for hydroxylation is 1. The normalized spacial score (nSPS) is 13.7. The quantitative estimate of drug-likeness (QED) is 0.561. The Hall–Kier alpha value is -3.04. The molecule has 0 saturated carbocycles. The molecule has 0 spiro atoms. The molecule has 0 radical (unpaired) electrons. The van der Waals surface area contributed by atoms with Crippen LogP contribution in [0.5, 0.6) is 5.75 Å². The molecule has 0 aliphatic carbocycles. The maximum absolute atomic E-state index is 12.6. The van der Waals surface area contributed by atoms with E-state index in [-0.39, 0.29) is 6.03 Å². The molecule has 1 aromatic heterocycles. The first-order valence-corrected chi connectivity index (χ1v) is 10.7. The van der Waals surface area contributed by atoms with E-state index in [1.54, 1.807) is 37.6 Å². The van der Waals surface area contributed by atoms with Crippen molar-refractivity contribution in [2.24, 2.45) is 7.05 Å². The Morgan fingerprint density at radius 2 is 1.81 bits per heavy atom. The average Bonchev–Trinajstić information content (AvgIpc) is 3.12. The fourth-order valence-corrected chi connectivity index (χ4v) is 4.10. The Morgan fingerprint density at radius 1 is 1.10 bits per heavy atom. The molecule has 0 bridgehead atoms. The van der Waals surface area contributed by atoms with Crippen LogP contribution in [0.4, 0.5) is 21.9 Å². The van der Waals surface area contributed by atoms with Gasteiger partial charge in [0.1, 0.15) is 5.75 Å². The Balaban J connectivity index is 1.60. The summed E-state index contributed by atoms with van der Waals surface area (Å²) in [5.41, 5.74) is 4.29. The van der Waals surface area contributed by atoms with Crippen LogP contribution in [0.25, 0.3) is 11.3 Å². The highest BCUT2D eigenvalue weighted by molar-refractivity contribution is 9.10. The molecule has 0 atom stereocenters. The number of carbonyl (C=O) groups is 1. The first kappa shape index (κ1) is 21.2. The minimum atomic E-state index is -0.320. The molecule has 31 heavy (non-hydrogen) atoms. The molecule has 3 aromatic rings. The predicted molar refractivity (Wildman–Crippen MR) is 125 cm³/mol. The Bertz CT molecular complexity index is 1040. The smallest absolute Gasteiger partial charge is 0.323 e. The first-order chi connectivity index (χ1) is 15.0. The van der Waals surface area contributed by atoms with Gasteiger partial charge in [0.25, 0.3) is 0 Å². The molecule has 162 valence electrons. The van der Waals surface area contributed by atoms with E-state index in [1.165, 1.54) is 0 Å². The topological polar surface area (TPSA) is 80.7 Å². The highest BCUT2D eigenvalue weighted by Crippen LogP contribution is 2.33. The van der Waals surface area contributed by atoms with E-state index in [4.69, 9.17) is 9.47 Å². The van der Waals surface area contributed by atoms with Crippen molar-refractivity contribution in [3.8, 4) is 17.0 Å². The number of rotatable bonds is 5. The molecule has 2 amide bonds. The molecule has 2 aromatic carbocycles. The maximum Gasteiger partial charge on any atom is 0.323 e. The Labute approximate surface area is 189 Å². The largest absolute Gasteiger partial charge is 0.497 e. The van der Waals surface area contributed by atoms with E-state index in [0.717, 1.165) is 40.3 Å². The second-order valence-corrected chi connectivity index (χ2v) is 7.99. The van der Waals surface area contributed by atoms with E-state index in [2.05, 4.69) is 42.6 Å². The number of morpholine rings is 1. The number of halogens is 1. The van der Waals surface area contributed by atoms with Crippen molar-refractivity contribution in [3.63, 3.8) is 0 Å². The van der Waals surface area contributed by atoms with Gasteiger partial charge in [-0.1, -0.05) is 0 Å². The van der Waals surface area contributed by atoms with Crippen molar-refractivity contribution in [1.29, 1.82) is 0 Å². The molecule has 9 heteroatoms. The second-order valence-electron chi connectivity index (χ2n) is 7.14. The average molecular weight is 486 g/mol. The monoisotopic (exact) mass is 485 g/mol. The van der Waals surface area contributed by atoms with Gasteiger partial charge in [0.2, 0.25) is 0 Å². The fraction of sp³-hybridized carbons (Fsp3) is 0.273. The number of aromatic nitrogens is 2. The van der Waals surface area contributed by atoms with Crippen molar-refractivity contribution in [2.75, 3.05) is 48.9 Å². The van der Waals surface area contributed by atoms with Crippen LogP contribution in [0.2, 0.25) is 0 Å². The number of nitrogens with zero attached hydrogens (tertiary/aromatic N) is 3. The van der Waals surface area contributed by atoms with Crippen molar-refractivity contribution in [2.45, 2.75) is 0 Å². The highest BCUT2D eigenvalue weighted by Gasteiger charge is 2.17. The minimum absolute atomic E-state index is 0.320. The molecule has 1 aliphatic rings. The lowest BCUT2D eigenvalue weighted by atomic mass is 10.1. The summed E-state index contributed by atoms with van der Waals surface area (Å²) in [6.07, 6.45) is 1.76. The van der Waals surface area contributed by atoms with Crippen molar-refractivity contribution in [1.82, 2.24) is 9.78 Å². The van der Waals surface area contributed by atoms with E-state index < -0.39 is 0 Å². The number of urea groups is 1. The van der Waals surface area contributed by atoms with Crippen LogP contribution < -0.4 is 20.3 Å². The number of hydrogen-bond acceptors (Lipinski definition) is 5. The van der Waals surface area contributed by atoms with Gasteiger partial charge in [-0.3, -0.25) is 4.68 Å². The van der Waals surface area contributed by atoms with Crippen molar-refractivity contribution in [3.05, 3.63) is 53.1 Å². The molecule has 0 unspecified atom stereocenters. The van der Waals surface area contributed by atoms with Crippen LogP contribution in [0, 0.1) is 0 Å². The molecule has 2 N–H and O–H groups in total. The third kappa shape index (κ3) is 5.00. The number of methoxy groups -OCH3 is 1. The number of carbonyl (C=O) groups excluding carboxylic acids is 1. The third-order valence-electron chi connectivity index (χ3n) is 5.07. The van der Waals surface area contributed by atoms with Gasteiger partial charge in [0.05, 0.1) is 36.7 Å². The van der Waals surface area contributed by atoms with E-state index in [0.29, 0.717) is 24.6 Å². The summed E-state index contributed by atoms with van der Waals surface area (Å²) >= 11 is 3.58. The third-order valence-corrected chi connectivity index (χ3v) is 5.65. The molecule has 1 fully saturated rings. The first-order valence-electron chi connectivity index (χ1n) is 9.91. The molecule has 1 aliphatic heterocycles. The molecular weight excluding hydrogens is 462 g/mol. The predicted octanol–water partition coefficient (Wildman–Crippen LogP) is 4.34. The van der Waals surface area contributed by atoms with Crippen LogP contribution >= 0.6 is 15.9 Å². The van der Waals surface area contributed by atoms with E-state index >= 15 is 0 Å². The molecule has 1 saturated heterocycles. The van der Waals surface area contributed by atoms with E-state index in [1.807, 2.05) is 23.9 Å². The van der Waals surface area contributed by atoms with Gasteiger partial charge in [-0.15, -0.1) is 0 Å². The lowest BCUT2D eigenvalue weighted by Crippen LogP contribution is -2.36. The summed E-state index contributed by atoms with van der Waals surface area (Å²) in [6.45, 7) is 2.96. The number of benzene rings is 2. The van der Waals surface area contributed by atoms with Crippen LogP contribution in [-0.4, -0.2) is 49.2 Å². The summed E-state index contributed by atoms with van der Waals surface area (Å²) in [7, 11) is 3.50. The van der Waals surface area contributed by atoms with Crippen LogP contribution in [0.3, 0.4) is 0 Å². The summed E-state index contributed by atoms with van der Waals surface area (Å²) in [4.78, 5) is 14.9. The van der Waals surface area contributed by atoms with Crippen molar-refractivity contribution >= 4 is 39.0 Å². The van der Waals surface area contributed by atoms with Gasteiger partial charge in [0, 0.05) is 42.8 Å². The minimum Gasteiger partial charge on any atom is -0.497 e. The Morgan fingerprint density at radius 3 is 2.45 bits per heavy atom. The molecular formula is C22H24BrN5O3. The summed E-state index contributed by atoms with van der Waals surface area (Å²) < 4.78 is 13.3. The zero-order chi connectivity index (χ0) is 21.8. The number of amides is 2.